The first-order valence-electron chi connectivity index (χ1n) is 5.53. The van der Waals surface area contributed by atoms with Gasteiger partial charge in [0.05, 0.1) is 5.69 Å². The number of aromatic nitrogens is 2. The van der Waals surface area contributed by atoms with Crippen molar-refractivity contribution in [3.05, 3.63) is 41.5 Å². The quantitative estimate of drug-likeness (QED) is 0.750. The summed E-state index contributed by atoms with van der Waals surface area (Å²) < 4.78 is 1.82. The van der Waals surface area contributed by atoms with Gasteiger partial charge in [0.25, 0.3) is 0 Å². The van der Waals surface area contributed by atoms with Crippen LogP contribution in [0.5, 0.6) is 0 Å². The van der Waals surface area contributed by atoms with E-state index in [-0.39, 0.29) is 5.69 Å². The van der Waals surface area contributed by atoms with Crippen LogP contribution in [0, 0.1) is 0 Å². The first kappa shape index (κ1) is 12.3. The van der Waals surface area contributed by atoms with Crippen molar-refractivity contribution in [2.45, 2.75) is 4.90 Å². The number of carboxylic acids is 1. The third kappa shape index (κ3) is 2.13. The number of imidazole rings is 1. The van der Waals surface area contributed by atoms with E-state index in [1.165, 1.54) is 16.2 Å². The van der Waals surface area contributed by atoms with E-state index in [1.54, 1.807) is 18.0 Å². The van der Waals surface area contributed by atoms with Crippen molar-refractivity contribution in [2.24, 2.45) is 0 Å². The number of carboxylic acid groups (broad SMARTS) is 1. The van der Waals surface area contributed by atoms with Crippen molar-refractivity contribution in [2.75, 3.05) is 6.26 Å². The van der Waals surface area contributed by atoms with Crippen LogP contribution in [0.15, 0.2) is 40.7 Å². The minimum absolute atomic E-state index is 0.0776. The van der Waals surface area contributed by atoms with Gasteiger partial charge in [0, 0.05) is 16.5 Å². The molecule has 0 amide bonds. The summed E-state index contributed by atoms with van der Waals surface area (Å²) in [4.78, 5) is 16.9. The zero-order valence-electron chi connectivity index (χ0n) is 10.0. The fraction of sp³-hybridized carbons (Fsp3) is 0.0769. The highest BCUT2D eigenvalue weighted by atomic mass is 32.2. The summed E-state index contributed by atoms with van der Waals surface area (Å²) in [5, 5.41) is 10.9. The highest BCUT2D eigenvalue weighted by Crippen LogP contribution is 2.27. The molecule has 0 bridgehead atoms. The molecular weight excluding hydrogens is 280 g/mol. The summed E-state index contributed by atoms with van der Waals surface area (Å²) in [6.07, 6.45) is 3.60. The van der Waals surface area contributed by atoms with Gasteiger partial charge in [-0.2, -0.15) is 0 Å². The Balaban J connectivity index is 2.10. The van der Waals surface area contributed by atoms with Crippen LogP contribution in [-0.4, -0.2) is 26.7 Å². The molecule has 0 saturated heterocycles. The maximum Gasteiger partial charge on any atom is 0.356 e. The number of fused-ring (bicyclic) bond motifs is 1. The number of thiazole rings is 1. The monoisotopic (exact) mass is 290 g/mol. The van der Waals surface area contributed by atoms with Crippen LogP contribution in [0.3, 0.4) is 0 Å². The van der Waals surface area contributed by atoms with E-state index in [2.05, 4.69) is 17.1 Å². The molecule has 0 atom stereocenters. The van der Waals surface area contributed by atoms with Gasteiger partial charge in [-0.05, 0) is 24.0 Å². The SMILES string of the molecule is CSc1ccc(-c2csc3nc(C(=O)O)cn23)cc1. The van der Waals surface area contributed by atoms with E-state index in [0.717, 1.165) is 11.3 Å². The van der Waals surface area contributed by atoms with Crippen molar-refractivity contribution in [1.82, 2.24) is 9.38 Å². The van der Waals surface area contributed by atoms with Crippen molar-refractivity contribution < 1.29 is 9.90 Å². The van der Waals surface area contributed by atoms with Crippen molar-refractivity contribution in [3.63, 3.8) is 0 Å². The molecule has 0 unspecified atom stereocenters. The van der Waals surface area contributed by atoms with Gasteiger partial charge in [0.2, 0.25) is 0 Å². The Hall–Kier alpha value is -1.79. The van der Waals surface area contributed by atoms with Gasteiger partial charge in [-0.25, -0.2) is 9.78 Å². The predicted molar refractivity (Wildman–Crippen MR) is 77.2 cm³/mol. The van der Waals surface area contributed by atoms with E-state index in [0.29, 0.717) is 4.96 Å². The number of hydrogen-bond acceptors (Lipinski definition) is 4. The molecule has 3 aromatic rings. The van der Waals surface area contributed by atoms with Crippen LogP contribution in [0.1, 0.15) is 10.5 Å². The van der Waals surface area contributed by atoms with E-state index in [9.17, 15) is 4.79 Å². The van der Waals surface area contributed by atoms with Gasteiger partial charge in [-0.15, -0.1) is 23.1 Å². The summed E-state index contributed by atoms with van der Waals surface area (Å²) in [7, 11) is 0. The summed E-state index contributed by atoms with van der Waals surface area (Å²) in [6.45, 7) is 0. The van der Waals surface area contributed by atoms with Gasteiger partial charge >= 0.3 is 5.97 Å². The lowest BCUT2D eigenvalue weighted by Crippen LogP contribution is -1.95. The first-order valence-corrected chi connectivity index (χ1v) is 7.64. The Morgan fingerprint density at radius 3 is 2.74 bits per heavy atom. The zero-order chi connectivity index (χ0) is 13.4. The van der Waals surface area contributed by atoms with Gasteiger partial charge in [-0.3, -0.25) is 4.40 Å². The summed E-state index contributed by atoms with van der Waals surface area (Å²) >= 11 is 3.13. The van der Waals surface area contributed by atoms with E-state index < -0.39 is 5.97 Å². The molecule has 6 heteroatoms. The van der Waals surface area contributed by atoms with Gasteiger partial charge in [-0.1, -0.05) is 12.1 Å². The number of aromatic carboxylic acids is 1. The third-order valence-corrected chi connectivity index (χ3v) is 4.40. The number of nitrogens with zero attached hydrogens (tertiary/aromatic N) is 2. The lowest BCUT2D eigenvalue weighted by Gasteiger charge is -2.01. The van der Waals surface area contributed by atoms with Crippen LogP contribution in [0.4, 0.5) is 0 Å². The average molecular weight is 290 g/mol. The molecule has 0 aliphatic heterocycles. The first-order chi connectivity index (χ1) is 9.19. The third-order valence-electron chi connectivity index (χ3n) is 2.81. The smallest absolute Gasteiger partial charge is 0.356 e. The van der Waals surface area contributed by atoms with E-state index in [4.69, 9.17) is 5.11 Å². The minimum Gasteiger partial charge on any atom is -0.476 e. The molecule has 2 heterocycles. The molecule has 0 saturated carbocycles. The minimum atomic E-state index is -1.00. The second-order valence-electron chi connectivity index (χ2n) is 3.93. The Morgan fingerprint density at radius 2 is 2.11 bits per heavy atom. The van der Waals surface area contributed by atoms with E-state index in [1.807, 2.05) is 28.2 Å². The Labute approximate surface area is 117 Å². The molecule has 96 valence electrons. The standard InChI is InChI=1S/C13H10N2O2S2/c1-18-9-4-2-8(3-5-9)11-7-19-13-14-10(12(16)17)6-15(11)13/h2-7H,1H3,(H,16,17). The second-order valence-corrected chi connectivity index (χ2v) is 5.65. The second kappa shape index (κ2) is 4.71. The molecule has 3 rings (SSSR count). The Kier molecular flexibility index (Phi) is 3.04. The molecule has 2 aromatic heterocycles. The van der Waals surface area contributed by atoms with Crippen molar-refractivity contribution >= 4 is 34.0 Å². The summed E-state index contributed by atoms with van der Waals surface area (Å²) in [6, 6.07) is 8.18. The van der Waals surface area contributed by atoms with Gasteiger partial charge < -0.3 is 5.11 Å². The Bertz CT molecular complexity index is 744. The lowest BCUT2D eigenvalue weighted by atomic mass is 10.2. The molecule has 19 heavy (non-hydrogen) atoms. The molecular formula is C13H10N2O2S2. The molecule has 4 nitrogen and oxygen atoms in total. The molecule has 0 aliphatic carbocycles. The van der Waals surface area contributed by atoms with Gasteiger partial charge in [0.1, 0.15) is 0 Å². The molecule has 1 N–H and O–H groups in total. The number of hydrogen-bond donors (Lipinski definition) is 1. The summed E-state index contributed by atoms with van der Waals surface area (Å²) in [5.74, 6) is -1.00. The largest absolute Gasteiger partial charge is 0.476 e. The van der Waals surface area contributed by atoms with Crippen molar-refractivity contribution in [1.29, 1.82) is 0 Å². The fourth-order valence-corrected chi connectivity index (χ4v) is 3.15. The number of rotatable bonds is 3. The maximum absolute atomic E-state index is 10.9. The Morgan fingerprint density at radius 1 is 1.37 bits per heavy atom. The maximum atomic E-state index is 10.9. The average Bonchev–Trinajstić information content (AvgIpc) is 2.98. The fourth-order valence-electron chi connectivity index (χ4n) is 1.86. The summed E-state index contributed by atoms with van der Waals surface area (Å²) in [5.41, 5.74) is 2.10. The highest BCUT2D eigenvalue weighted by molar-refractivity contribution is 7.98. The predicted octanol–water partition coefficient (Wildman–Crippen LogP) is 3.48. The number of benzene rings is 1. The normalized spacial score (nSPS) is 11.0. The van der Waals surface area contributed by atoms with E-state index >= 15 is 0 Å². The molecule has 0 aliphatic rings. The van der Waals surface area contributed by atoms with Crippen LogP contribution >= 0.6 is 23.1 Å². The topological polar surface area (TPSA) is 54.6 Å². The van der Waals surface area contributed by atoms with Crippen LogP contribution in [-0.2, 0) is 0 Å². The molecule has 0 radical (unpaired) electrons. The molecule has 0 fully saturated rings. The van der Waals surface area contributed by atoms with Gasteiger partial charge in [0.15, 0.2) is 10.7 Å². The van der Waals surface area contributed by atoms with Crippen LogP contribution < -0.4 is 0 Å². The number of carbonyl (C=O) groups is 1. The highest BCUT2D eigenvalue weighted by Gasteiger charge is 2.13. The molecule has 0 spiro atoms. The zero-order valence-corrected chi connectivity index (χ0v) is 11.7. The van der Waals surface area contributed by atoms with Crippen molar-refractivity contribution in [3.8, 4) is 11.3 Å². The lowest BCUT2D eigenvalue weighted by molar-refractivity contribution is 0.0691. The molecule has 1 aromatic carbocycles. The number of thioether (sulfide) groups is 1. The van der Waals surface area contributed by atoms with Crippen LogP contribution in [0.2, 0.25) is 0 Å². The van der Waals surface area contributed by atoms with Crippen LogP contribution in [0.25, 0.3) is 16.2 Å².